The molecule has 35 heavy (non-hydrogen) atoms. The Morgan fingerprint density at radius 2 is 1.91 bits per heavy atom. The van der Waals surface area contributed by atoms with E-state index < -0.39 is 44.9 Å². The Labute approximate surface area is 204 Å². The lowest BCUT2D eigenvalue weighted by atomic mass is 10.2. The lowest BCUT2D eigenvalue weighted by Crippen LogP contribution is -2.36. The van der Waals surface area contributed by atoms with Crippen LogP contribution in [0.2, 0.25) is 0 Å². The molecule has 2 amide bonds. The summed E-state index contributed by atoms with van der Waals surface area (Å²) < 4.78 is 45.7. The Morgan fingerprint density at radius 3 is 2.69 bits per heavy atom. The van der Waals surface area contributed by atoms with Crippen molar-refractivity contribution in [1.82, 2.24) is 4.57 Å². The number of rotatable bonds is 7. The third kappa shape index (κ3) is 5.65. The van der Waals surface area contributed by atoms with Crippen LogP contribution in [0.5, 0.6) is 0 Å². The van der Waals surface area contributed by atoms with E-state index in [9.17, 15) is 27.2 Å². The molecule has 0 spiro atoms. The third-order valence-corrected chi connectivity index (χ3v) is 7.75. The van der Waals surface area contributed by atoms with E-state index in [-0.39, 0.29) is 18.0 Å². The molecule has 0 N–H and O–H groups in total. The molecule has 0 fully saturated rings. The fourth-order valence-corrected chi connectivity index (χ4v) is 6.01. The average Bonchev–Trinajstić information content (AvgIpc) is 3.34. The summed E-state index contributed by atoms with van der Waals surface area (Å²) in [5, 5.41) is 0. The van der Waals surface area contributed by atoms with Crippen molar-refractivity contribution in [2.45, 2.75) is 19.9 Å². The van der Waals surface area contributed by atoms with Crippen LogP contribution in [0.3, 0.4) is 0 Å². The zero-order valence-corrected chi connectivity index (χ0v) is 20.4. The van der Waals surface area contributed by atoms with Gasteiger partial charge in [0.05, 0.1) is 16.8 Å². The Kier molecular flexibility index (Phi) is 7.13. The Hall–Kier alpha value is -3.38. The molecule has 2 heterocycles. The molecule has 0 atom stereocenters. The van der Waals surface area contributed by atoms with Gasteiger partial charge in [-0.15, -0.1) is 0 Å². The highest BCUT2D eigenvalue weighted by molar-refractivity contribution is 7.92. The molecule has 0 aliphatic carbocycles. The second-order valence-corrected chi connectivity index (χ2v) is 10.9. The number of sulfone groups is 1. The number of halogens is 1. The standard InChI is InChI=1S/C23H22FN3O6S2/c1-2-33-22(30)12-27-18-8-7-16(24)11-19(18)34-23(27)25-20(28)13-35(31,32)14-21(29)26-10-9-15-5-3-4-6-17(15)26/h3-8,11H,2,9-10,12-14H2,1H3. The number of anilines is 1. The van der Waals surface area contributed by atoms with Crippen molar-refractivity contribution < 1.29 is 31.9 Å². The number of hydrogen-bond acceptors (Lipinski definition) is 7. The van der Waals surface area contributed by atoms with E-state index in [0.29, 0.717) is 28.9 Å². The molecule has 2 aromatic carbocycles. The molecule has 0 bridgehead atoms. The first-order chi connectivity index (χ1) is 16.7. The number of esters is 1. The van der Waals surface area contributed by atoms with E-state index in [0.717, 1.165) is 16.9 Å². The summed E-state index contributed by atoms with van der Waals surface area (Å²) in [6, 6.07) is 11.1. The predicted molar refractivity (Wildman–Crippen MR) is 128 cm³/mol. The van der Waals surface area contributed by atoms with Gasteiger partial charge in [0.15, 0.2) is 14.6 Å². The maximum atomic E-state index is 13.7. The number of ether oxygens (including phenoxy) is 1. The zero-order valence-electron chi connectivity index (χ0n) is 18.8. The van der Waals surface area contributed by atoms with Crippen molar-refractivity contribution in [2.75, 3.05) is 29.6 Å². The van der Waals surface area contributed by atoms with Crippen LogP contribution >= 0.6 is 11.3 Å². The van der Waals surface area contributed by atoms with Gasteiger partial charge in [0.25, 0.3) is 5.91 Å². The molecule has 0 unspecified atom stereocenters. The normalized spacial score (nSPS) is 13.8. The topological polar surface area (TPSA) is 115 Å². The van der Waals surface area contributed by atoms with Gasteiger partial charge in [-0.1, -0.05) is 29.5 Å². The maximum absolute atomic E-state index is 13.7. The number of hydrogen-bond donors (Lipinski definition) is 0. The van der Waals surface area contributed by atoms with Crippen molar-refractivity contribution in [3.63, 3.8) is 0 Å². The molecule has 3 aromatic rings. The number of para-hydroxylation sites is 1. The van der Waals surface area contributed by atoms with Gasteiger partial charge in [-0.2, -0.15) is 4.99 Å². The van der Waals surface area contributed by atoms with Crippen LogP contribution in [-0.2, 0) is 41.9 Å². The molecule has 0 radical (unpaired) electrons. The van der Waals surface area contributed by atoms with Gasteiger partial charge in [-0.25, -0.2) is 12.8 Å². The summed E-state index contributed by atoms with van der Waals surface area (Å²) in [5.41, 5.74) is 2.07. The van der Waals surface area contributed by atoms with Crippen LogP contribution in [0.15, 0.2) is 47.5 Å². The summed E-state index contributed by atoms with van der Waals surface area (Å²) >= 11 is 0.937. The van der Waals surface area contributed by atoms with Crippen molar-refractivity contribution in [3.8, 4) is 0 Å². The van der Waals surface area contributed by atoms with Crippen LogP contribution in [-0.4, -0.2) is 55.4 Å². The van der Waals surface area contributed by atoms with Crippen molar-refractivity contribution in [3.05, 3.63) is 58.6 Å². The monoisotopic (exact) mass is 519 g/mol. The first-order valence-corrected chi connectivity index (χ1v) is 13.4. The number of fused-ring (bicyclic) bond motifs is 2. The molecule has 9 nitrogen and oxygen atoms in total. The van der Waals surface area contributed by atoms with Crippen LogP contribution in [0, 0.1) is 5.82 Å². The number of carbonyl (C=O) groups is 3. The summed E-state index contributed by atoms with van der Waals surface area (Å²) in [4.78, 5) is 42.6. The SMILES string of the molecule is CCOC(=O)Cn1c(=NC(=O)CS(=O)(=O)CC(=O)N2CCc3ccccc32)sc2cc(F)ccc21. The van der Waals surface area contributed by atoms with Crippen LogP contribution in [0.25, 0.3) is 10.2 Å². The van der Waals surface area contributed by atoms with Crippen molar-refractivity contribution >= 4 is 54.9 Å². The highest BCUT2D eigenvalue weighted by atomic mass is 32.2. The van der Waals surface area contributed by atoms with Gasteiger partial charge >= 0.3 is 5.97 Å². The molecule has 0 saturated carbocycles. The minimum absolute atomic E-state index is 0.0265. The first-order valence-electron chi connectivity index (χ1n) is 10.8. The lowest BCUT2D eigenvalue weighted by Gasteiger charge is -2.17. The minimum atomic E-state index is -4.11. The van der Waals surface area contributed by atoms with Crippen LogP contribution in [0.4, 0.5) is 10.1 Å². The van der Waals surface area contributed by atoms with Crippen molar-refractivity contribution in [1.29, 1.82) is 0 Å². The third-order valence-electron chi connectivity index (χ3n) is 5.33. The number of amides is 2. The molecular weight excluding hydrogens is 497 g/mol. The summed E-state index contributed by atoms with van der Waals surface area (Å²) in [6.45, 7) is 1.88. The first kappa shape index (κ1) is 24.7. The minimum Gasteiger partial charge on any atom is -0.465 e. The van der Waals surface area contributed by atoms with Crippen LogP contribution in [0.1, 0.15) is 12.5 Å². The lowest BCUT2D eigenvalue weighted by molar-refractivity contribution is -0.143. The largest absolute Gasteiger partial charge is 0.465 e. The fourth-order valence-electron chi connectivity index (χ4n) is 3.86. The number of benzene rings is 2. The number of aromatic nitrogens is 1. The Morgan fingerprint density at radius 1 is 1.14 bits per heavy atom. The molecular formula is C23H22FN3O6S2. The number of thiazole rings is 1. The smallest absolute Gasteiger partial charge is 0.326 e. The number of nitrogens with zero attached hydrogens (tertiary/aromatic N) is 3. The highest BCUT2D eigenvalue weighted by Gasteiger charge is 2.29. The summed E-state index contributed by atoms with van der Waals surface area (Å²) in [5.74, 6) is -4.51. The predicted octanol–water partition coefficient (Wildman–Crippen LogP) is 1.84. The molecule has 4 rings (SSSR count). The molecule has 1 aliphatic rings. The van der Waals surface area contributed by atoms with Gasteiger partial charge in [0, 0.05) is 12.2 Å². The van der Waals surface area contributed by atoms with Gasteiger partial charge in [0.1, 0.15) is 23.9 Å². The highest BCUT2D eigenvalue weighted by Crippen LogP contribution is 2.27. The van der Waals surface area contributed by atoms with Gasteiger partial charge in [-0.3, -0.25) is 14.4 Å². The summed E-state index contributed by atoms with van der Waals surface area (Å²) in [7, 11) is -4.11. The van der Waals surface area contributed by atoms with E-state index in [1.165, 1.54) is 27.7 Å². The van der Waals surface area contributed by atoms with E-state index in [1.54, 1.807) is 19.1 Å². The molecule has 184 valence electrons. The number of carbonyl (C=O) groups excluding carboxylic acids is 3. The maximum Gasteiger partial charge on any atom is 0.326 e. The van der Waals surface area contributed by atoms with E-state index in [2.05, 4.69) is 4.99 Å². The molecule has 0 saturated heterocycles. The van der Waals surface area contributed by atoms with Crippen LogP contribution < -0.4 is 9.70 Å². The van der Waals surface area contributed by atoms with E-state index in [4.69, 9.17) is 4.74 Å². The molecule has 1 aliphatic heterocycles. The Bertz CT molecular complexity index is 1490. The average molecular weight is 520 g/mol. The Balaban J connectivity index is 1.55. The molecule has 1 aromatic heterocycles. The fraction of sp³-hybridized carbons (Fsp3) is 0.304. The van der Waals surface area contributed by atoms with Gasteiger partial charge in [0.2, 0.25) is 5.91 Å². The molecule has 12 heteroatoms. The second kappa shape index (κ2) is 10.1. The zero-order chi connectivity index (χ0) is 25.2. The van der Waals surface area contributed by atoms with Gasteiger partial charge < -0.3 is 14.2 Å². The van der Waals surface area contributed by atoms with E-state index in [1.807, 2.05) is 12.1 Å². The summed E-state index contributed by atoms with van der Waals surface area (Å²) in [6.07, 6.45) is 0.628. The van der Waals surface area contributed by atoms with E-state index >= 15 is 0 Å². The quantitative estimate of drug-likeness (QED) is 0.440. The second-order valence-electron chi connectivity index (χ2n) is 7.85. The van der Waals surface area contributed by atoms with Crippen molar-refractivity contribution in [2.24, 2.45) is 4.99 Å². The van der Waals surface area contributed by atoms with Gasteiger partial charge in [-0.05, 0) is 43.2 Å².